The van der Waals surface area contributed by atoms with Gasteiger partial charge in [-0.1, -0.05) is 65.7 Å². The molecule has 1 atom stereocenters. The average molecular weight is 586 g/mol. The molecule has 1 amide bonds. The van der Waals surface area contributed by atoms with Crippen molar-refractivity contribution >= 4 is 63.7 Å². The number of thioether (sulfide) groups is 1. The number of anilines is 3. The summed E-state index contributed by atoms with van der Waals surface area (Å²) in [4.78, 5) is 14.1. The van der Waals surface area contributed by atoms with Gasteiger partial charge in [-0.15, -0.1) is 11.8 Å². The zero-order valence-corrected chi connectivity index (χ0v) is 22.9. The lowest BCUT2D eigenvalue weighted by Gasteiger charge is -2.20. The first-order valence-corrected chi connectivity index (χ1v) is 13.4. The molecule has 10 heteroatoms. The first kappa shape index (κ1) is 28.5. The fourth-order valence-electron chi connectivity index (χ4n) is 3.67. The predicted molar refractivity (Wildman–Crippen MR) is 158 cm³/mol. The Balaban J connectivity index is 1.54. The number of benzene rings is 4. The maximum Gasteiger partial charge on any atom is 0.418 e. The first-order valence-electron chi connectivity index (χ1n) is 11.7. The van der Waals surface area contributed by atoms with Crippen LogP contribution in [0.2, 0.25) is 5.02 Å². The van der Waals surface area contributed by atoms with Gasteiger partial charge in [-0.25, -0.2) is 0 Å². The van der Waals surface area contributed by atoms with Crippen LogP contribution in [0.3, 0.4) is 0 Å². The highest BCUT2D eigenvalue weighted by Gasteiger charge is 2.35. The Morgan fingerprint density at radius 1 is 0.846 bits per heavy atom. The zero-order valence-electron chi connectivity index (χ0n) is 20.6. The van der Waals surface area contributed by atoms with Gasteiger partial charge in [0, 0.05) is 21.3 Å². The maximum absolute atomic E-state index is 13.6. The highest BCUT2D eigenvalue weighted by Crippen LogP contribution is 2.40. The van der Waals surface area contributed by atoms with Gasteiger partial charge in [0.2, 0.25) is 5.91 Å². The number of thiocarbonyl (C=S) groups is 1. The van der Waals surface area contributed by atoms with E-state index in [-0.39, 0.29) is 10.7 Å². The number of nitrogens with one attached hydrogen (secondary N) is 3. The minimum atomic E-state index is -4.69. The van der Waals surface area contributed by atoms with Gasteiger partial charge in [-0.2, -0.15) is 13.2 Å². The van der Waals surface area contributed by atoms with Crippen molar-refractivity contribution in [1.29, 1.82) is 0 Å². The van der Waals surface area contributed by atoms with Crippen LogP contribution in [0.15, 0.2) is 102 Å². The van der Waals surface area contributed by atoms with Crippen LogP contribution in [0.25, 0.3) is 0 Å². The van der Waals surface area contributed by atoms with Gasteiger partial charge >= 0.3 is 6.18 Å². The number of alkyl halides is 3. The molecule has 0 bridgehead atoms. The zero-order chi connectivity index (χ0) is 28.0. The van der Waals surface area contributed by atoms with E-state index in [4.69, 9.17) is 23.8 Å². The molecule has 0 saturated heterocycles. The second-order valence-electron chi connectivity index (χ2n) is 8.56. The molecule has 0 aromatic heterocycles. The number of carbonyl (C=O) groups excluding carboxylic acids is 1. The number of carbonyl (C=O) groups is 1. The van der Waals surface area contributed by atoms with Crippen LogP contribution in [0.4, 0.5) is 30.2 Å². The fourth-order valence-corrected chi connectivity index (χ4v) is 5.16. The van der Waals surface area contributed by atoms with Gasteiger partial charge in [-0.05, 0) is 73.2 Å². The van der Waals surface area contributed by atoms with Crippen LogP contribution < -0.4 is 16.0 Å². The van der Waals surface area contributed by atoms with Gasteiger partial charge in [0.1, 0.15) is 5.25 Å². The predicted octanol–water partition coefficient (Wildman–Crippen LogP) is 8.95. The summed E-state index contributed by atoms with van der Waals surface area (Å²) in [5, 5.41) is 8.18. The smallest absolute Gasteiger partial charge is 0.332 e. The summed E-state index contributed by atoms with van der Waals surface area (Å²) in [6.07, 6.45) is -4.69. The van der Waals surface area contributed by atoms with Crippen molar-refractivity contribution in [3.05, 3.63) is 119 Å². The Hall–Kier alpha value is -3.53. The molecule has 0 aliphatic heterocycles. The molecule has 39 heavy (non-hydrogen) atoms. The van der Waals surface area contributed by atoms with Crippen molar-refractivity contribution in [2.75, 3.05) is 16.0 Å². The molecule has 0 aliphatic carbocycles. The van der Waals surface area contributed by atoms with Crippen molar-refractivity contribution in [2.24, 2.45) is 0 Å². The van der Waals surface area contributed by atoms with E-state index < -0.39 is 22.9 Å². The first-order chi connectivity index (χ1) is 18.6. The van der Waals surface area contributed by atoms with Crippen LogP contribution in [0.5, 0.6) is 0 Å². The molecule has 0 spiro atoms. The largest absolute Gasteiger partial charge is 0.418 e. The second-order valence-corrected chi connectivity index (χ2v) is 10.6. The van der Waals surface area contributed by atoms with E-state index >= 15 is 0 Å². The monoisotopic (exact) mass is 585 g/mol. The molecule has 0 aliphatic rings. The summed E-state index contributed by atoms with van der Waals surface area (Å²) in [6, 6.07) is 27.2. The molecule has 4 rings (SSSR count). The molecule has 0 fully saturated rings. The Morgan fingerprint density at radius 2 is 1.54 bits per heavy atom. The van der Waals surface area contributed by atoms with Crippen molar-refractivity contribution in [1.82, 2.24) is 0 Å². The summed E-state index contributed by atoms with van der Waals surface area (Å²) in [5.74, 6) is -0.603. The molecule has 0 radical (unpaired) electrons. The molecule has 3 N–H and O–H groups in total. The van der Waals surface area contributed by atoms with Gasteiger partial charge in [0.05, 0.1) is 11.3 Å². The van der Waals surface area contributed by atoms with Crippen molar-refractivity contribution in [2.45, 2.75) is 23.2 Å². The minimum Gasteiger partial charge on any atom is -0.332 e. The molecule has 0 heterocycles. The van der Waals surface area contributed by atoms with E-state index in [1.807, 2.05) is 49.4 Å². The number of aryl methyl sites for hydroxylation is 1. The molecular weight excluding hydrogens is 563 g/mol. The van der Waals surface area contributed by atoms with E-state index in [1.54, 1.807) is 36.4 Å². The lowest BCUT2D eigenvalue weighted by molar-refractivity contribution is -0.137. The molecule has 1 unspecified atom stereocenters. The molecule has 4 aromatic rings. The van der Waals surface area contributed by atoms with Crippen molar-refractivity contribution in [3.8, 4) is 0 Å². The topological polar surface area (TPSA) is 53.2 Å². The lowest BCUT2D eigenvalue weighted by atomic mass is 10.1. The highest BCUT2D eigenvalue weighted by molar-refractivity contribution is 8.00. The molecular formula is C29H23ClF3N3OS2. The average Bonchev–Trinajstić information content (AvgIpc) is 2.89. The van der Waals surface area contributed by atoms with Crippen LogP contribution >= 0.6 is 35.6 Å². The molecule has 0 saturated carbocycles. The quantitative estimate of drug-likeness (QED) is 0.149. The van der Waals surface area contributed by atoms with Gasteiger partial charge in [-0.3, -0.25) is 4.79 Å². The van der Waals surface area contributed by atoms with E-state index in [0.29, 0.717) is 21.3 Å². The van der Waals surface area contributed by atoms with Crippen LogP contribution in [-0.2, 0) is 11.0 Å². The standard InChI is InChI=1S/C29H23ClF3N3OS2/c1-18-10-13-21(14-11-18)34-28(38)35-22-8-5-9-23(17-22)39-26(19-6-3-2-4-7-19)27(37)36-25-15-12-20(30)16-24(25)29(31,32)33/h2-17,26H,1H3,(H,36,37)(H2,34,35,38). The number of hydrogen-bond acceptors (Lipinski definition) is 3. The fraction of sp³-hybridized carbons (Fsp3) is 0.103. The third kappa shape index (κ3) is 7.98. The van der Waals surface area contributed by atoms with Crippen LogP contribution in [0.1, 0.15) is 21.9 Å². The summed E-state index contributed by atoms with van der Waals surface area (Å²) in [7, 11) is 0. The number of hydrogen-bond donors (Lipinski definition) is 3. The maximum atomic E-state index is 13.6. The number of amides is 1. The Kier molecular flexibility index (Phi) is 9.16. The Labute approximate surface area is 239 Å². The third-order valence-corrected chi connectivity index (χ3v) is 7.23. The summed E-state index contributed by atoms with van der Waals surface area (Å²) < 4.78 is 40.8. The van der Waals surface area contributed by atoms with Crippen LogP contribution in [-0.4, -0.2) is 11.0 Å². The summed E-state index contributed by atoms with van der Waals surface area (Å²) in [5.41, 5.74) is 1.92. The third-order valence-electron chi connectivity index (χ3n) is 5.54. The normalized spacial score (nSPS) is 11.9. The van der Waals surface area contributed by atoms with E-state index in [0.717, 1.165) is 23.4 Å². The second kappa shape index (κ2) is 12.5. The van der Waals surface area contributed by atoms with E-state index in [2.05, 4.69) is 16.0 Å². The minimum absolute atomic E-state index is 0.0756. The Bertz CT molecular complexity index is 1470. The summed E-state index contributed by atoms with van der Waals surface area (Å²) in [6.45, 7) is 2.00. The number of halogens is 4. The molecule has 4 aromatic carbocycles. The van der Waals surface area contributed by atoms with E-state index in [9.17, 15) is 18.0 Å². The van der Waals surface area contributed by atoms with Gasteiger partial charge < -0.3 is 16.0 Å². The van der Waals surface area contributed by atoms with Crippen molar-refractivity contribution < 1.29 is 18.0 Å². The van der Waals surface area contributed by atoms with Crippen molar-refractivity contribution in [3.63, 3.8) is 0 Å². The SMILES string of the molecule is Cc1ccc(NC(=S)Nc2cccc(SC(C(=O)Nc3ccc(Cl)cc3C(F)(F)F)c3ccccc3)c2)cc1. The number of rotatable bonds is 7. The van der Waals surface area contributed by atoms with Gasteiger partial charge in [0.15, 0.2) is 5.11 Å². The Morgan fingerprint density at radius 3 is 2.23 bits per heavy atom. The van der Waals surface area contributed by atoms with Crippen LogP contribution in [0, 0.1) is 6.92 Å². The van der Waals surface area contributed by atoms with E-state index in [1.165, 1.54) is 17.8 Å². The molecule has 4 nitrogen and oxygen atoms in total. The van der Waals surface area contributed by atoms with Gasteiger partial charge in [0.25, 0.3) is 0 Å². The molecule has 200 valence electrons. The highest BCUT2D eigenvalue weighted by atomic mass is 35.5. The summed E-state index contributed by atoms with van der Waals surface area (Å²) >= 11 is 12.4. The lowest BCUT2D eigenvalue weighted by Crippen LogP contribution is -2.21.